The maximum absolute atomic E-state index is 10.8. The molecule has 0 aliphatic heterocycles. The van der Waals surface area contributed by atoms with Crippen molar-refractivity contribution in [2.24, 2.45) is 17.6 Å². The largest absolute Gasteiger partial charge is 0.378 e. The molecule has 0 unspecified atom stereocenters. The minimum atomic E-state index is -0.893. The number of aliphatic hydroxyl groups is 1. The minimum absolute atomic E-state index is 0.425. The van der Waals surface area contributed by atoms with Gasteiger partial charge in [-0.15, -0.1) is 0 Å². The van der Waals surface area contributed by atoms with Crippen molar-refractivity contribution in [1.82, 2.24) is 0 Å². The average Bonchev–Trinajstić information content (AvgIpc) is 2.42. The lowest BCUT2D eigenvalue weighted by Crippen LogP contribution is -2.30. The third-order valence-corrected chi connectivity index (χ3v) is 3.53. The highest BCUT2D eigenvalue weighted by Crippen LogP contribution is 2.24. The highest BCUT2D eigenvalue weighted by atomic mass is 16.3. The first-order chi connectivity index (χ1) is 10.3. The second-order valence-electron chi connectivity index (χ2n) is 7.07. The number of hydrogen-bond donors (Lipinski definition) is 2. The van der Waals surface area contributed by atoms with Crippen LogP contribution in [-0.2, 0) is 6.42 Å². The Morgan fingerprint density at radius 3 is 2.32 bits per heavy atom. The molecule has 2 heteroatoms. The maximum Gasteiger partial charge on any atom is 0.126 e. The Kier molecular flexibility index (Phi) is 7.65. The van der Waals surface area contributed by atoms with Gasteiger partial charge in [0.25, 0.3) is 0 Å². The summed E-state index contributed by atoms with van der Waals surface area (Å²) in [5.41, 5.74) is 6.90. The molecule has 0 fully saturated rings. The Bertz CT molecular complexity index is 498. The van der Waals surface area contributed by atoms with Crippen LogP contribution in [0.2, 0.25) is 0 Å². The zero-order valence-corrected chi connectivity index (χ0v) is 14.5. The van der Waals surface area contributed by atoms with Crippen LogP contribution in [0.1, 0.15) is 58.1 Å². The number of aryl methyl sites for hydroxylation is 1. The maximum atomic E-state index is 10.8. The first-order valence-electron chi connectivity index (χ1n) is 8.39. The molecule has 0 saturated heterocycles. The molecule has 1 aromatic rings. The lowest BCUT2D eigenvalue weighted by atomic mass is 9.85. The summed E-state index contributed by atoms with van der Waals surface area (Å²) >= 11 is 0. The molecule has 0 aromatic heterocycles. The fourth-order valence-corrected chi connectivity index (χ4v) is 2.84. The zero-order valence-electron chi connectivity index (χ0n) is 14.5. The molecule has 3 N–H and O–H groups in total. The van der Waals surface area contributed by atoms with Gasteiger partial charge in [-0.1, -0.05) is 51.7 Å². The Morgan fingerprint density at radius 2 is 1.77 bits per heavy atom. The molecular weight excluding hydrogens is 270 g/mol. The van der Waals surface area contributed by atoms with E-state index in [2.05, 4.69) is 51.7 Å². The van der Waals surface area contributed by atoms with Crippen LogP contribution in [0.4, 0.5) is 0 Å². The zero-order chi connectivity index (χ0) is 16.6. The van der Waals surface area contributed by atoms with Crippen LogP contribution in [0, 0.1) is 23.7 Å². The molecule has 0 aliphatic rings. The highest BCUT2D eigenvalue weighted by Gasteiger charge is 2.26. The molecule has 0 amide bonds. The van der Waals surface area contributed by atoms with Gasteiger partial charge in [-0.2, -0.15) is 0 Å². The molecule has 0 heterocycles. The van der Waals surface area contributed by atoms with E-state index in [9.17, 15) is 5.11 Å². The lowest BCUT2D eigenvalue weighted by Gasteiger charge is -2.26. The number of nitrogens with two attached hydrogens (primary N) is 1. The van der Waals surface area contributed by atoms with E-state index in [4.69, 9.17) is 5.73 Å². The molecule has 0 radical (unpaired) electrons. The molecule has 0 aliphatic carbocycles. The number of benzene rings is 1. The normalized spacial score (nSPS) is 11.6. The van der Waals surface area contributed by atoms with Crippen LogP contribution >= 0.6 is 0 Å². The Hall–Kier alpha value is -1.30. The second kappa shape index (κ2) is 8.98. The van der Waals surface area contributed by atoms with Crippen molar-refractivity contribution in [2.75, 3.05) is 6.54 Å². The Morgan fingerprint density at radius 1 is 1.14 bits per heavy atom. The smallest absolute Gasteiger partial charge is 0.126 e. The lowest BCUT2D eigenvalue weighted by molar-refractivity contribution is 0.0567. The van der Waals surface area contributed by atoms with Crippen LogP contribution in [0.25, 0.3) is 0 Å². The fourth-order valence-electron chi connectivity index (χ4n) is 2.84. The van der Waals surface area contributed by atoms with Crippen molar-refractivity contribution in [2.45, 2.75) is 59.0 Å². The molecule has 22 heavy (non-hydrogen) atoms. The van der Waals surface area contributed by atoms with E-state index in [0.717, 1.165) is 18.4 Å². The van der Waals surface area contributed by atoms with Gasteiger partial charge in [-0.05, 0) is 61.8 Å². The first kappa shape index (κ1) is 18.7. The van der Waals surface area contributed by atoms with Gasteiger partial charge in [0.15, 0.2) is 0 Å². The summed E-state index contributed by atoms with van der Waals surface area (Å²) in [4.78, 5) is 0. The Labute approximate surface area is 136 Å². The van der Waals surface area contributed by atoms with Gasteiger partial charge in [0.05, 0.1) is 0 Å². The molecule has 0 spiro atoms. The van der Waals surface area contributed by atoms with E-state index in [0.29, 0.717) is 31.2 Å². The van der Waals surface area contributed by atoms with E-state index >= 15 is 0 Å². The van der Waals surface area contributed by atoms with Crippen molar-refractivity contribution in [3.63, 3.8) is 0 Å². The number of rotatable bonds is 7. The standard InChI is InChI=1S/C20H31NO/c1-16(2)14-20(22,15-17(3)4)11-10-19-8-5-7-18(13-19)9-6-12-21/h5,7-8,13,16-17,22H,6,9,12,14-15,21H2,1-4H3. The monoisotopic (exact) mass is 301 g/mol. The van der Waals surface area contributed by atoms with E-state index in [1.807, 2.05) is 12.1 Å². The van der Waals surface area contributed by atoms with Crippen molar-refractivity contribution in [3.8, 4) is 11.8 Å². The van der Waals surface area contributed by atoms with Crippen LogP contribution in [0.5, 0.6) is 0 Å². The van der Waals surface area contributed by atoms with E-state index in [-0.39, 0.29) is 0 Å². The molecule has 1 aromatic carbocycles. The summed E-state index contributed by atoms with van der Waals surface area (Å²) in [6, 6.07) is 8.24. The van der Waals surface area contributed by atoms with Gasteiger partial charge in [0.2, 0.25) is 0 Å². The predicted molar refractivity (Wildman–Crippen MR) is 94.6 cm³/mol. The topological polar surface area (TPSA) is 46.2 Å². The third-order valence-electron chi connectivity index (χ3n) is 3.53. The van der Waals surface area contributed by atoms with Gasteiger partial charge >= 0.3 is 0 Å². The van der Waals surface area contributed by atoms with Crippen molar-refractivity contribution in [3.05, 3.63) is 35.4 Å². The van der Waals surface area contributed by atoms with E-state index < -0.39 is 5.60 Å². The summed E-state index contributed by atoms with van der Waals surface area (Å²) in [5.74, 6) is 7.17. The van der Waals surface area contributed by atoms with Crippen molar-refractivity contribution in [1.29, 1.82) is 0 Å². The molecule has 1 rings (SSSR count). The first-order valence-corrected chi connectivity index (χ1v) is 8.39. The molecule has 0 atom stereocenters. The third kappa shape index (κ3) is 7.11. The van der Waals surface area contributed by atoms with Gasteiger partial charge in [0, 0.05) is 5.56 Å². The van der Waals surface area contributed by atoms with Gasteiger partial charge < -0.3 is 10.8 Å². The van der Waals surface area contributed by atoms with E-state index in [1.54, 1.807) is 0 Å². The summed E-state index contributed by atoms with van der Waals surface area (Å²) in [5, 5.41) is 10.8. The quantitative estimate of drug-likeness (QED) is 0.753. The Balaban J connectivity index is 2.92. The summed E-state index contributed by atoms with van der Waals surface area (Å²) in [6.07, 6.45) is 3.39. The number of hydrogen-bond acceptors (Lipinski definition) is 2. The molecule has 0 saturated carbocycles. The fraction of sp³-hybridized carbons (Fsp3) is 0.600. The van der Waals surface area contributed by atoms with Crippen LogP contribution in [0.3, 0.4) is 0 Å². The van der Waals surface area contributed by atoms with Crippen LogP contribution < -0.4 is 5.73 Å². The molecule has 122 valence electrons. The molecule has 0 bridgehead atoms. The summed E-state index contributed by atoms with van der Waals surface area (Å²) in [7, 11) is 0. The van der Waals surface area contributed by atoms with Crippen LogP contribution in [-0.4, -0.2) is 17.3 Å². The second-order valence-corrected chi connectivity index (χ2v) is 7.07. The highest BCUT2D eigenvalue weighted by molar-refractivity contribution is 5.39. The van der Waals surface area contributed by atoms with Gasteiger partial charge in [-0.3, -0.25) is 0 Å². The SMILES string of the molecule is CC(C)CC(O)(C#Cc1cccc(CCCN)c1)CC(C)C. The van der Waals surface area contributed by atoms with Gasteiger partial charge in [-0.25, -0.2) is 0 Å². The predicted octanol–water partition coefficient (Wildman–Crippen LogP) is 3.75. The van der Waals surface area contributed by atoms with Crippen molar-refractivity contribution >= 4 is 0 Å². The summed E-state index contributed by atoms with van der Waals surface area (Å²) < 4.78 is 0. The molecule has 2 nitrogen and oxygen atoms in total. The van der Waals surface area contributed by atoms with E-state index in [1.165, 1.54) is 5.56 Å². The average molecular weight is 301 g/mol. The van der Waals surface area contributed by atoms with Crippen molar-refractivity contribution < 1.29 is 5.11 Å². The molecular formula is C20H31NO. The minimum Gasteiger partial charge on any atom is -0.378 e. The van der Waals surface area contributed by atoms with Crippen LogP contribution in [0.15, 0.2) is 24.3 Å². The van der Waals surface area contributed by atoms with Gasteiger partial charge in [0.1, 0.15) is 5.60 Å². The summed E-state index contributed by atoms with van der Waals surface area (Å²) in [6.45, 7) is 9.21.